The van der Waals surface area contributed by atoms with Crippen LogP contribution in [0.4, 0.5) is 0 Å². The molecule has 8 bridgehead atoms. The van der Waals surface area contributed by atoms with E-state index in [1.807, 2.05) is 42.5 Å². The van der Waals surface area contributed by atoms with Gasteiger partial charge in [0.25, 0.3) is 0 Å². The van der Waals surface area contributed by atoms with Crippen LogP contribution in [-0.4, -0.2) is 31.0 Å². The van der Waals surface area contributed by atoms with Crippen LogP contribution in [0, 0.1) is 0 Å². The van der Waals surface area contributed by atoms with Crippen molar-refractivity contribution in [3.63, 3.8) is 0 Å². The molecule has 30 heavy (non-hydrogen) atoms. The van der Waals surface area contributed by atoms with Crippen molar-refractivity contribution in [1.29, 1.82) is 0 Å². The van der Waals surface area contributed by atoms with Crippen molar-refractivity contribution in [2.75, 3.05) is 0 Å². The van der Waals surface area contributed by atoms with Crippen LogP contribution in [0.25, 0.3) is 46.4 Å². The van der Waals surface area contributed by atoms with E-state index in [0.29, 0.717) is 0 Å². The molecule has 3 aromatic heterocycles. The van der Waals surface area contributed by atoms with Gasteiger partial charge in [0.2, 0.25) is 0 Å². The number of rotatable bonds is 1. The standard InChI is InChI=1S/C20H14N4.C4H6O2/c1-2-14-10-16-5-6-18(23-16)12-20-8-7-19(24-20)11-17-4-3-15(22-17)9-13(1)21-14;1-3(2)4(5)6/h1-12,21-22H;1H2,2H3,(H,5,6). The summed E-state index contributed by atoms with van der Waals surface area (Å²) in [4.78, 5) is 25.6. The maximum absolute atomic E-state index is 9.60. The topological polar surface area (TPSA) is 94.7 Å². The minimum absolute atomic E-state index is 0.176. The van der Waals surface area contributed by atoms with Crippen LogP contribution in [0.15, 0.2) is 60.7 Å². The number of aliphatic carboxylic acids is 1. The van der Waals surface area contributed by atoms with Crippen LogP contribution in [0.1, 0.15) is 29.7 Å². The van der Waals surface area contributed by atoms with Gasteiger partial charge >= 0.3 is 5.97 Å². The van der Waals surface area contributed by atoms with Gasteiger partial charge in [-0.05, 0) is 79.8 Å². The zero-order chi connectivity index (χ0) is 21.1. The third-order valence-corrected chi connectivity index (χ3v) is 4.41. The van der Waals surface area contributed by atoms with E-state index in [1.165, 1.54) is 6.92 Å². The fraction of sp³-hybridized carbons (Fsp3) is 0.0417. The molecule has 2 aliphatic heterocycles. The van der Waals surface area contributed by atoms with Crippen molar-refractivity contribution in [3.05, 3.63) is 83.5 Å². The minimum Gasteiger partial charge on any atom is -0.478 e. The van der Waals surface area contributed by atoms with Crippen LogP contribution in [0.3, 0.4) is 0 Å². The molecule has 5 rings (SSSR count). The number of fused-ring (bicyclic) bond motifs is 8. The molecule has 0 amide bonds. The number of carboxylic acids is 1. The maximum atomic E-state index is 9.60. The Morgan fingerprint density at radius 2 is 1.07 bits per heavy atom. The molecule has 0 atom stereocenters. The van der Waals surface area contributed by atoms with Gasteiger partial charge < -0.3 is 15.1 Å². The normalized spacial score (nSPS) is 11.6. The Morgan fingerprint density at radius 3 is 1.43 bits per heavy atom. The van der Waals surface area contributed by atoms with E-state index in [-0.39, 0.29) is 5.57 Å². The number of nitrogens with zero attached hydrogens (tertiary/aromatic N) is 2. The average Bonchev–Trinajstić information content (AvgIpc) is 3.47. The van der Waals surface area contributed by atoms with E-state index in [1.54, 1.807) is 0 Å². The average molecular weight is 396 g/mol. The smallest absolute Gasteiger partial charge is 0.330 e. The molecule has 0 aromatic carbocycles. The highest BCUT2D eigenvalue weighted by Gasteiger charge is 2.02. The summed E-state index contributed by atoms with van der Waals surface area (Å²) in [6.07, 6.45) is 8.05. The van der Waals surface area contributed by atoms with Gasteiger partial charge in [-0.2, -0.15) is 0 Å². The Labute approximate surface area is 173 Å². The quantitative estimate of drug-likeness (QED) is 0.335. The van der Waals surface area contributed by atoms with E-state index in [2.05, 4.69) is 56.8 Å². The first-order valence-electron chi connectivity index (χ1n) is 9.38. The molecule has 3 aromatic rings. The molecule has 0 spiro atoms. The summed E-state index contributed by atoms with van der Waals surface area (Å²) in [6.45, 7) is 4.60. The van der Waals surface area contributed by atoms with Gasteiger partial charge in [0.15, 0.2) is 0 Å². The number of H-pyrrole nitrogens is 2. The summed E-state index contributed by atoms with van der Waals surface area (Å²) in [6, 6.07) is 16.4. The zero-order valence-corrected chi connectivity index (χ0v) is 16.4. The molecule has 3 N–H and O–H groups in total. The predicted molar refractivity (Wildman–Crippen MR) is 121 cm³/mol. The van der Waals surface area contributed by atoms with E-state index >= 15 is 0 Å². The number of nitrogens with one attached hydrogen (secondary N) is 2. The molecule has 0 unspecified atom stereocenters. The highest BCUT2D eigenvalue weighted by Crippen LogP contribution is 2.17. The lowest BCUT2D eigenvalue weighted by molar-refractivity contribution is -0.132. The predicted octanol–water partition coefficient (Wildman–Crippen LogP) is 5.30. The number of carbonyl (C=O) groups is 1. The van der Waals surface area contributed by atoms with E-state index in [4.69, 9.17) is 5.11 Å². The molecular weight excluding hydrogens is 376 g/mol. The van der Waals surface area contributed by atoms with Gasteiger partial charge in [-0.1, -0.05) is 6.58 Å². The maximum Gasteiger partial charge on any atom is 0.330 e. The molecule has 0 saturated carbocycles. The van der Waals surface area contributed by atoms with Crippen LogP contribution >= 0.6 is 0 Å². The van der Waals surface area contributed by atoms with Crippen LogP contribution in [-0.2, 0) is 4.79 Å². The molecule has 2 aliphatic rings. The number of hydrogen-bond acceptors (Lipinski definition) is 3. The minimum atomic E-state index is -0.935. The molecule has 0 fully saturated rings. The van der Waals surface area contributed by atoms with Crippen LogP contribution in [0.5, 0.6) is 0 Å². The number of carboxylic acid groups (broad SMARTS) is 1. The molecule has 6 nitrogen and oxygen atoms in total. The Bertz CT molecular complexity index is 1260. The second kappa shape index (κ2) is 8.05. The first kappa shape index (κ1) is 19.1. The van der Waals surface area contributed by atoms with Gasteiger partial charge in [-0.3, -0.25) is 0 Å². The first-order chi connectivity index (χ1) is 14.4. The van der Waals surface area contributed by atoms with Gasteiger partial charge in [0, 0.05) is 27.6 Å². The third-order valence-electron chi connectivity index (χ3n) is 4.41. The molecule has 5 heterocycles. The summed E-state index contributed by atoms with van der Waals surface area (Å²) >= 11 is 0. The summed E-state index contributed by atoms with van der Waals surface area (Å²) in [7, 11) is 0. The summed E-state index contributed by atoms with van der Waals surface area (Å²) < 4.78 is 0. The van der Waals surface area contributed by atoms with Crippen LogP contribution in [0.2, 0.25) is 0 Å². The van der Waals surface area contributed by atoms with Gasteiger partial charge in [0.05, 0.1) is 22.8 Å². The van der Waals surface area contributed by atoms with Crippen molar-refractivity contribution in [1.82, 2.24) is 19.9 Å². The van der Waals surface area contributed by atoms with E-state index < -0.39 is 5.97 Å². The summed E-state index contributed by atoms with van der Waals surface area (Å²) in [5.74, 6) is -0.935. The van der Waals surface area contributed by atoms with Crippen LogP contribution < -0.4 is 0 Å². The van der Waals surface area contributed by atoms with Gasteiger partial charge in [0.1, 0.15) is 0 Å². The number of aromatic nitrogens is 4. The molecule has 0 aliphatic carbocycles. The first-order valence-corrected chi connectivity index (χ1v) is 9.38. The summed E-state index contributed by atoms with van der Waals surface area (Å²) in [5, 5.41) is 7.89. The molecule has 0 saturated heterocycles. The Kier molecular flexibility index (Phi) is 5.13. The van der Waals surface area contributed by atoms with Crippen molar-refractivity contribution in [2.24, 2.45) is 0 Å². The lowest BCUT2D eigenvalue weighted by Gasteiger charge is -1.86. The second-order valence-corrected chi connectivity index (χ2v) is 6.99. The highest BCUT2D eigenvalue weighted by atomic mass is 16.4. The highest BCUT2D eigenvalue weighted by molar-refractivity contribution is 5.84. The Hall–Kier alpha value is -4.19. The van der Waals surface area contributed by atoms with Crippen molar-refractivity contribution < 1.29 is 9.90 Å². The molecule has 0 radical (unpaired) electrons. The van der Waals surface area contributed by atoms with Crippen molar-refractivity contribution in [2.45, 2.75) is 6.92 Å². The van der Waals surface area contributed by atoms with Gasteiger partial charge in [-0.25, -0.2) is 14.8 Å². The fourth-order valence-corrected chi connectivity index (χ4v) is 2.94. The molecular formula is C24H20N4O2. The fourth-order valence-electron chi connectivity index (χ4n) is 2.94. The van der Waals surface area contributed by atoms with Crippen molar-refractivity contribution in [3.8, 4) is 0 Å². The van der Waals surface area contributed by atoms with E-state index in [9.17, 15) is 4.79 Å². The second-order valence-electron chi connectivity index (χ2n) is 6.99. The van der Waals surface area contributed by atoms with Gasteiger partial charge in [-0.15, -0.1) is 0 Å². The number of hydrogen-bond donors (Lipinski definition) is 3. The van der Waals surface area contributed by atoms with Crippen molar-refractivity contribution >= 4 is 52.3 Å². The largest absolute Gasteiger partial charge is 0.478 e. The third kappa shape index (κ3) is 4.62. The monoisotopic (exact) mass is 396 g/mol. The SMILES string of the molecule is C1=Cc2cc3ccc(cc4ccc(cc5nc(cc1n2)C=C5)[nH]4)[nH]3.C=C(C)C(=O)O. The summed E-state index contributed by atoms with van der Waals surface area (Å²) in [5.41, 5.74) is 8.04. The Balaban J connectivity index is 0.000000322. The number of aromatic amines is 2. The lowest BCUT2D eigenvalue weighted by Crippen LogP contribution is -1.92. The molecule has 148 valence electrons. The van der Waals surface area contributed by atoms with E-state index in [0.717, 1.165) is 44.8 Å². The molecule has 6 heteroatoms. The zero-order valence-electron chi connectivity index (χ0n) is 16.4. The lowest BCUT2D eigenvalue weighted by atomic mass is 10.3. The Morgan fingerprint density at radius 1 is 0.733 bits per heavy atom.